The molecule has 0 aromatic carbocycles. The van der Waals surface area contributed by atoms with Crippen LogP contribution in [0.1, 0.15) is 23.8 Å². The first-order chi connectivity index (χ1) is 10.2. The first kappa shape index (κ1) is 15.5. The van der Waals surface area contributed by atoms with Crippen molar-refractivity contribution in [2.45, 2.75) is 19.9 Å². The fourth-order valence-electron chi connectivity index (χ4n) is 2.13. The first-order valence-electron chi connectivity index (χ1n) is 6.91. The van der Waals surface area contributed by atoms with Crippen LogP contribution in [0.5, 0.6) is 0 Å². The van der Waals surface area contributed by atoms with Crippen LogP contribution in [0.2, 0.25) is 0 Å². The van der Waals surface area contributed by atoms with Gasteiger partial charge in [-0.25, -0.2) is 0 Å². The van der Waals surface area contributed by atoms with E-state index in [0.717, 1.165) is 10.4 Å². The van der Waals surface area contributed by atoms with E-state index in [1.54, 1.807) is 9.80 Å². The Labute approximate surface area is 128 Å². The van der Waals surface area contributed by atoms with Gasteiger partial charge in [0.05, 0.1) is 13.2 Å². The van der Waals surface area contributed by atoms with Crippen LogP contribution < -0.4 is 0 Å². The molecule has 1 saturated heterocycles. The number of amides is 2. The number of hydrogen-bond donors (Lipinski definition) is 1. The normalized spacial score (nSPS) is 15.1. The highest BCUT2D eigenvalue weighted by atomic mass is 32.1. The number of aliphatic hydroxyl groups excluding tert-OH is 1. The summed E-state index contributed by atoms with van der Waals surface area (Å²) in [5.74, 6) is 5.01. The van der Waals surface area contributed by atoms with Crippen molar-refractivity contribution in [1.82, 2.24) is 9.80 Å². The highest BCUT2D eigenvalue weighted by Crippen LogP contribution is 2.19. The molecular formula is C15H18N2O3S. The Kier molecular flexibility index (Phi) is 5.37. The Bertz CT molecular complexity index is 585. The molecule has 0 radical (unpaired) electrons. The lowest BCUT2D eigenvalue weighted by Gasteiger charge is -2.32. The monoisotopic (exact) mass is 306 g/mol. The summed E-state index contributed by atoms with van der Waals surface area (Å²) in [7, 11) is 0. The predicted molar refractivity (Wildman–Crippen MR) is 80.6 cm³/mol. The van der Waals surface area contributed by atoms with Gasteiger partial charge in [-0.2, -0.15) is 0 Å². The minimum atomic E-state index is -0.439. The SMILES string of the molecule is CCN1CCN(Cc2sccc2C#CCCO)C(=O)C1=O. The Morgan fingerprint density at radius 2 is 2.00 bits per heavy atom. The van der Waals surface area contributed by atoms with Gasteiger partial charge >= 0.3 is 11.8 Å². The molecule has 0 unspecified atom stereocenters. The molecule has 21 heavy (non-hydrogen) atoms. The maximum absolute atomic E-state index is 12.1. The zero-order valence-electron chi connectivity index (χ0n) is 12.0. The Hall–Kier alpha value is -1.84. The third-order valence-corrected chi connectivity index (χ3v) is 4.22. The molecule has 1 aliphatic rings. The van der Waals surface area contributed by atoms with E-state index in [1.807, 2.05) is 18.4 Å². The van der Waals surface area contributed by atoms with Crippen molar-refractivity contribution in [3.63, 3.8) is 0 Å². The lowest BCUT2D eigenvalue weighted by atomic mass is 10.2. The summed E-state index contributed by atoms with van der Waals surface area (Å²) in [5.41, 5.74) is 0.867. The van der Waals surface area contributed by atoms with Crippen LogP contribution in [0.4, 0.5) is 0 Å². The van der Waals surface area contributed by atoms with Crippen LogP contribution in [0, 0.1) is 11.8 Å². The van der Waals surface area contributed by atoms with Crippen LogP contribution in [0.15, 0.2) is 11.4 Å². The van der Waals surface area contributed by atoms with Crippen molar-refractivity contribution in [1.29, 1.82) is 0 Å². The zero-order chi connectivity index (χ0) is 15.2. The predicted octanol–water partition coefficient (Wildman–Crippen LogP) is 0.673. The Balaban J connectivity index is 2.06. The van der Waals surface area contributed by atoms with Crippen LogP contribution >= 0.6 is 11.3 Å². The molecule has 112 valence electrons. The number of likely N-dealkylation sites (N-methyl/N-ethyl adjacent to an activating group) is 1. The topological polar surface area (TPSA) is 60.9 Å². The third kappa shape index (κ3) is 3.63. The molecule has 2 rings (SSSR count). The fourth-order valence-corrected chi connectivity index (χ4v) is 2.97. The van der Waals surface area contributed by atoms with Gasteiger partial charge in [0.25, 0.3) is 0 Å². The number of aliphatic hydroxyl groups is 1. The minimum Gasteiger partial charge on any atom is -0.395 e. The van der Waals surface area contributed by atoms with Crippen LogP contribution in [0.3, 0.4) is 0 Å². The van der Waals surface area contributed by atoms with E-state index in [1.165, 1.54) is 11.3 Å². The fraction of sp³-hybridized carbons (Fsp3) is 0.467. The summed E-state index contributed by atoms with van der Waals surface area (Å²) in [6, 6.07) is 1.90. The van der Waals surface area contributed by atoms with E-state index in [2.05, 4.69) is 11.8 Å². The molecule has 1 aliphatic heterocycles. The van der Waals surface area contributed by atoms with Crippen molar-refractivity contribution in [3.05, 3.63) is 21.9 Å². The first-order valence-corrected chi connectivity index (χ1v) is 7.79. The smallest absolute Gasteiger partial charge is 0.312 e. The highest BCUT2D eigenvalue weighted by molar-refractivity contribution is 7.10. The number of rotatable bonds is 4. The minimum absolute atomic E-state index is 0.0401. The van der Waals surface area contributed by atoms with Gasteiger partial charge in [0.2, 0.25) is 0 Å². The van der Waals surface area contributed by atoms with Crippen molar-refractivity contribution >= 4 is 23.2 Å². The molecule has 6 heteroatoms. The summed E-state index contributed by atoms with van der Waals surface area (Å²) in [6.07, 6.45) is 0.432. The van der Waals surface area contributed by atoms with Gasteiger partial charge < -0.3 is 14.9 Å². The van der Waals surface area contributed by atoms with Gasteiger partial charge in [0, 0.05) is 36.5 Å². The van der Waals surface area contributed by atoms with E-state index in [0.29, 0.717) is 32.6 Å². The maximum Gasteiger partial charge on any atom is 0.312 e. The van der Waals surface area contributed by atoms with E-state index in [-0.39, 0.29) is 6.61 Å². The number of carbonyl (C=O) groups excluding carboxylic acids is 2. The van der Waals surface area contributed by atoms with Gasteiger partial charge in [-0.05, 0) is 18.4 Å². The molecular weight excluding hydrogens is 288 g/mol. The second-order valence-electron chi connectivity index (χ2n) is 4.64. The lowest BCUT2D eigenvalue weighted by molar-refractivity contribution is -0.156. The van der Waals surface area contributed by atoms with Gasteiger partial charge in [0.15, 0.2) is 0 Å². The average molecular weight is 306 g/mol. The lowest BCUT2D eigenvalue weighted by Crippen LogP contribution is -2.53. The molecule has 1 fully saturated rings. The largest absolute Gasteiger partial charge is 0.395 e. The van der Waals surface area contributed by atoms with E-state index in [4.69, 9.17) is 5.11 Å². The van der Waals surface area contributed by atoms with E-state index >= 15 is 0 Å². The summed E-state index contributed by atoms with van der Waals surface area (Å²) >= 11 is 1.53. The summed E-state index contributed by atoms with van der Waals surface area (Å²) < 4.78 is 0. The molecule has 1 aromatic rings. The third-order valence-electron chi connectivity index (χ3n) is 3.32. The number of hydrogen-bond acceptors (Lipinski definition) is 4. The Morgan fingerprint density at radius 3 is 2.71 bits per heavy atom. The van der Waals surface area contributed by atoms with Crippen molar-refractivity contribution in [2.24, 2.45) is 0 Å². The van der Waals surface area contributed by atoms with Crippen LogP contribution in [0.25, 0.3) is 0 Å². The second-order valence-corrected chi connectivity index (χ2v) is 5.65. The van der Waals surface area contributed by atoms with E-state index in [9.17, 15) is 9.59 Å². The summed E-state index contributed by atoms with van der Waals surface area (Å²) in [6.45, 7) is 4.03. The van der Waals surface area contributed by atoms with Gasteiger partial charge in [0.1, 0.15) is 0 Å². The van der Waals surface area contributed by atoms with Crippen molar-refractivity contribution in [2.75, 3.05) is 26.2 Å². The average Bonchev–Trinajstić information content (AvgIpc) is 2.92. The Morgan fingerprint density at radius 1 is 1.29 bits per heavy atom. The standard InChI is InChI=1S/C15H18N2O3S/c1-2-16-7-8-17(15(20)14(16)19)11-13-12(6-10-21-13)5-3-4-9-18/h6,10,18H,2,4,7-9,11H2,1H3. The van der Waals surface area contributed by atoms with E-state index < -0.39 is 11.8 Å². The van der Waals surface area contributed by atoms with Crippen LogP contribution in [-0.4, -0.2) is 53.0 Å². The van der Waals surface area contributed by atoms with Crippen molar-refractivity contribution in [3.8, 4) is 11.8 Å². The molecule has 2 heterocycles. The van der Waals surface area contributed by atoms with Crippen molar-refractivity contribution < 1.29 is 14.7 Å². The number of piperazine rings is 1. The molecule has 2 amide bonds. The quantitative estimate of drug-likeness (QED) is 0.657. The molecule has 0 spiro atoms. The van der Waals surface area contributed by atoms with Gasteiger partial charge in [-0.15, -0.1) is 11.3 Å². The molecule has 1 aromatic heterocycles. The molecule has 0 saturated carbocycles. The molecule has 1 N–H and O–H groups in total. The number of nitrogens with zero attached hydrogens (tertiary/aromatic N) is 2. The van der Waals surface area contributed by atoms with Crippen LogP contribution in [-0.2, 0) is 16.1 Å². The maximum atomic E-state index is 12.1. The van der Waals surface area contributed by atoms with Gasteiger partial charge in [-0.3, -0.25) is 9.59 Å². The summed E-state index contributed by atoms with van der Waals surface area (Å²) in [5, 5.41) is 10.7. The molecule has 5 nitrogen and oxygen atoms in total. The number of carbonyl (C=O) groups is 2. The summed E-state index contributed by atoms with van der Waals surface area (Å²) in [4.78, 5) is 28.1. The highest BCUT2D eigenvalue weighted by Gasteiger charge is 2.31. The molecule has 0 aliphatic carbocycles. The molecule has 0 atom stereocenters. The van der Waals surface area contributed by atoms with Gasteiger partial charge in [-0.1, -0.05) is 11.8 Å². The molecule has 0 bridgehead atoms. The zero-order valence-corrected chi connectivity index (χ0v) is 12.8. The number of thiophene rings is 1. The second kappa shape index (κ2) is 7.25.